The van der Waals surface area contributed by atoms with Gasteiger partial charge >= 0.3 is 0 Å². The lowest BCUT2D eigenvalue weighted by atomic mass is 10.1. The van der Waals surface area contributed by atoms with Crippen LogP contribution in [0.4, 0.5) is 0 Å². The quantitative estimate of drug-likeness (QED) is 0.655. The Balaban J connectivity index is 1.89. The third kappa shape index (κ3) is 2.33. The number of tetrazole rings is 1. The smallest absolute Gasteiger partial charge is 0.182 e. The number of aryl methyl sites for hydroxylation is 1. The number of nitrogens with zero attached hydrogens (tertiary/aromatic N) is 5. The topological polar surface area (TPSA) is 73.6 Å². The first-order chi connectivity index (χ1) is 9.22. The van der Waals surface area contributed by atoms with E-state index in [0.717, 1.165) is 10.9 Å². The SMILES string of the molecule is Cn1nnc(CC(=O)c2ccc3ncccc3c2)n1. The summed E-state index contributed by atoms with van der Waals surface area (Å²) in [5.41, 5.74) is 1.50. The van der Waals surface area contributed by atoms with Gasteiger partial charge in [-0.25, -0.2) is 0 Å². The summed E-state index contributed by atoms with van der Waals surface area (Å²) in [4.78, 5) is 17.7. The summed E-state index contributed by atoms with van der Waals surface area (Å²) in [5, 5.41) is 12.5. The van der Waals surface area contributed by atoms with Gasteiger partial charge in [0, 0.05) is 17.1 Å². The lowest BCUT2D eigenvalue weighted by Crippen LogP contribution is -2.05. The van der Waals surface area contributed by atoms with Crippen molar-refractivity contribution in [1.29, 1.82) is 0 Å². The number of carbonyl (C=O) groups excluding carboxylic acids is 1. The zero-order chi connectivity index (χ0) is 13.2. The van der Waals surface area contributed by atoms with E-state index in [4.69, 9.17) is 0 Å². The van der Waals surface area contributed by atoms with Gasteiger partial charge in [-0.2, -0.15) is 4.80 Å². The summed E-state index contributed by atoms with van der Waals surface area (Å²) in [6.07, 6.45) is 1.88. The van der Waals surface area contributed by atoms with Crippen LogP contribution in [0.2, 0.25) is 0 Å². The van der Waals surface area contributed by atoms with Gasteiger partial charge in [0.2, 0.25) is 0 Å². The summed E-state index contributed by atoms with van der Waals surface area (Å²) in [6, 6.07) is 9.22. The molecule has 6 heteroatoms. The molecule has 0 amide bonds. The first-order valence-electron chi connectivity index (χ1n) is 5.83. The number of hydrogen-bond acceptors (Lipinski definition) is 5. The molecule has 0 aliphatic rings. The Bertz CT molecular complexity index is 749. The maximum absolute atomic E-state index is 12.1. The molecule has 94 valence electrons. The fourth-order valence-electron chi connectivity index (χ4n) is 1.89. The Morgan fingerprint density at radius 2 is 2.21 bits per heavy atom. The molecule has 19 heavy (non-hydrogen) atoms. The highest BCUT2D eigenvalue weighted by molar-refractivity contribution is 6.00. The van der Waals surface area contributed by atoms with E-state index < -0.39 is 0 Å². The molecule has 2 heterocycles. The molecular weight excluding hydrogens is 242 g/mol. The molecule has 0 aliphatic heterocycles. The molecule has 0 fully saturated rings. The zero-order valence-electron chi connectivity index (χ0n) is 10.3. The van der Waals surface area contributed by atoms with E-state index in [9.17, 15) is 4.79 Å². The Hall–Kier alpha value is -2.63. The summed E-state index contributed by atoms with van der Waals surface area (Å²) in [7, 11) is 1.67. The van der Waals surface area contributed by atoms with Crippen molar-refractivity contribution >= 4 is 16.7 Å². The highest BCUT2D eigenvalue weighted by Gasteiger charge is 2.11. The Labute approximate surface area is 109 Å². The molecule has 3 aromatic rings. The molecular formula is C13H11N5O. The Kier molecular flexibility index (Phi) is 2.75. The second kappa shape index (κ2) is 4.56. The van der Waals surface area contributed by atoms with E-state index in [0.29, 0.717) is 11.4 Å². The number of hydrogen-bond donors (Lipinski definition) is 0. The molecule has 0 aliphatic carbocycles. The molecule has 0 saturated carbocycles. The van der Waals surface area contributed by atoms with Crippen LogP contribution < -0.4 is 0 Å². The number of aromatic nitrogens is 5. The maximum atomic E-state index is 12.1. The largest absolute Gasteiger partial charge is 0.294 e. The minimum absolute atomic E-state index is 0.0289. The first-order valence-corrected chi connectivity index (χ1v) is 5.83. The third-order valence-corrected chi connectivity index (χ3v) is 2.79. The fraction of sp³-hybridized carbons (Fsp3) is 0.154. The van der Waals surface area contributed by atoms with Gasteiger partial charge in [-0.3, -0.25) is 9.78 Å². The predicted octanol–water partition coefficient (Wildman–Crippen LogP) is 1.18. The Morgan fingerprint density at radius 3 is 3.00 bits per heavy atom. The standard InChI is InChI=1S/C13H11N5O/c1-18-16-13(15-17-18)8-12(19)10-4-5-11-9(7-10)3-2-6-14-11/h2-7H,8H2,1H3. The van der Waals surface area contributed by atoms with Crippen molar-refractivity contribution in [3.05, 3.63) is 47.9 Å². The molecule has 0 spiro atoms. The third-order valence-electron chi connectivity index (χ3n) is 2.79. The van der Waals surface area contributed by atoms with Gasteiger partial charge in [-0.1, -0.05) is 6.07 Å². The predicted molar refractivity (Wildman–Crippen MR) is 68.6 cm³/mol. The van der Waals surface area contributed by atoms with Crippen molar-refractivity contribution in [3.8, 4) is 0 Å². The van der Waals surface area contributed by atoms with Crippen molar-refractivity contribution in [2.45, 2.75) is 6.42 Å². The van der Waals surface area contributed by atoms with Gasteiger partial charge < -0.3 is 0 Å². The van der Waals surface area contributed by atoms with Crippen LogP contribution in [0.1, 0.15) is 16.2 Å². The molecule has 0 bridgehead atoms. The van der Waals surface area contributed by atoms with E-state index in [1.165, 1.54) is 4.80 Å². The van der Waals surface area contributed by atoms with E-state index in [2.05, 4.69) is 20.4 Å². The van der Waals surface area contributed by atoms with E-state index >= 15 is 0 Å². The van der Waals surface area contributed by atoms with Crippen molar-refractivity contribution in [2.75, 3.05) is 0 Å². The molecule has 3 rings (SSSR count). The number of pyridine rings is 1. The number of carbonyl (C=O) groups is 1. The number of ketones is 1. The molecule has 0 N–H and O–H groups in total. The summed E-state index contributed by atoms with van der Waals surface area (Å²) in [6.45, 7) is 0. The van der Waals surface area contributed by atoms with Crippen LogP contribution in [0, 0.1) is 0 Å². The molecule has 0 radical (unpaired) electrons. The molecule has 0 saturated heterocycles. The highest BCUT2D eigenvalue weighted by atomic mass is 16.1. The van der Waals surface area contributed by atoms with Gasteiger partial charge in [0.25, 0.3) is 0 Å². The van der Waals surface area contributed by atoms with Crippen LogP contribution in [0.5, 0.6) is 0 Å². The molecule has 1 aromatic carbocycles. The number of fused-ring (bicyclic) bond motifs is 1. The van der Waals surface area contributed by atoms with Gasteiger partial charge in [-0.05, 0) is 29.5 Å². The maximum Gasteiger partial charge on any atom is 0.182 e. The van der Waals surface area contributed by atoms with Crippen LogP contribution in [0.3, 0.4) is 0 Å². The van der Waals surface area contributed by atoms with E-state index in [1.54, 1.807) is 19.3 Å². The zero-order valence-corrected chi connectivity index (χ0v) is 10.3. The highest BCUT2D eigenvalue weighted by Crippen LogP contribution is 2.14. The van der Waals surface area contributed by atoms with Crippen molar-refractivity contribution in [3.63, 3.8) is 0 Å². The summed E-state index contributed by atoms with van der Waals surface area (Å²) >= 11 is 0. The number of benzene rings is 1. The molecule has 0 unspecified atom stereocenters. The minimum Gasteiger partial charge on any atom is -0.294 e. The lowest BCUT2D eigenvalue weighted by Gasteiger charge is -2.01. The van der Waals surface area contributed by atoms with Gasteiger partial charge in [0.1, 0.15) is 0 Å². The molecule has 2 aromatic heterocycles. The van der Waals surface area contributed by atoms with Gasteiger partial charge in [0.15, 0.2) is 11.6 Å². The molecule has 6 nitrogen and oxygen atoms in total. The normalized spacial score (nSPS) is 10.8. The van der Waals surface area contributed by atoms with Crippen LogP contribution in [-0.4, -0.2) is 31.0 Å². The van der Waals surface area contributed by atoms with Gasteiger partial charge in [-0.15, -0.1) is 10.2 Å². The van der Waals surface area contributed by atoms with Crippen molar-refractivity contribution < 1.29 is 4.79 Å². The summed E-state index contributed by atoms with van der Waals surface area (Å²) < 4.78 is 0. The van der Waals surface area contributed by atoms with E-state index in [-0.39, 0.29) is 12.2 Å². The van der Waals surface area contributed by atoms with Crippen LogP contribution in [0.25, 0.3) is 10.9 Å². The fourth-order valence-corrected chi connectivity index (χ4v) is 1.89. The van der Waals surface area contributed by atoms with Crippen LogP contribution >= 0.6 is 0 Å². The van der Waals surface area contributed by atoms with Crippen molar-refractivity contribution in [1.82, 2.24) is 25.2 Å². The second-order valence-electron chi connectivity index (χ2n) is 4.21. The van der Waals surface area contributed by atoms with Gasteiger partial charge in [0.05, 0.1) is 19.0 Å². The summed E-state index contributed by atoms with van der Waals surface area (Å²) in [5.74, 6) is 0.400. The van der Waals surface area contributed by atoms with Crippen LogP contribution in [-0.2, 0) is 13.5 Å². The molecule has 0 atom stereocenters. The monoisotopic (exact) mass is 253 g/mol. The average molecular weight is 253 g/mol. The first kappa shape index (κ1) is 11.5. The van der Waals surface area contributed by atoms with Crippen LogP contribution in [0.15, 0.2) is 36.5 Å². The minimum atomic E-state index is -0.0289. The number of Topliss-reactive ketones (excluding diaryl/α,β-unsaturated/α-hetero) is 1. The van der Waals surface area contributed by atoms with E-state index in [1.807, 2.05) is 24.3 Å². The average Bonchev–Trinajstić information content (AvgIpc) is 2.83. The second-order valence-corrected chi connectivity index (χ2v) is 4.21. The Morgan fingerprint density at radius 1 is 1.32 bits per heavy atom. The van der Waals surface area contributed by atoms with Crippen molar-refractivity contribution in [2.24, 2.45) is 7.05 Å². The lowest BCUT2D eigenvalue weighted by molar-refractivity contribution is 0.0991. The number of rotatable bonds is 3.